The molecule has 4 heterocycles. The van der Waals surface area contributed by atoms with Gasteiger partial charge < -0.3 is 9.47 Å². The molecule has 35 heavy (non-hydrogen) atoms. The minimum atomic E-state index is -0.689. The first kappa shape index (κ1) is 23.4. The molecule has 184 valence electrons. The van der Waals surface area contributed by atoms with Crippen molar-refractivity contribution in [2.75, 3.05) is 4.90 Å². The Morgan fingerprint density at radius 3 is 2.71 bits per heavy atom. The number of hydrogen-bond donors (Lipinski definition) is 0. The molecule has 4 aromatic heterocycles. The van der Waals surface area contributed by atoms with Crippen LogP contribution in [0.2, 0.25) is 5.15 Å². The second-order valence-electron chi connectivity index (χ2n) is 10.1. The number of nitrogens with zero attached hydrogens (tertiary/aromatic N) is 6. The van der Waals surface area contributed by atoms with Gasteiger partial charge in [0.1, 0.15) is 22.2 Å². The van der Waals surface area contributed by atoms with Crippen LogP contribution in [0.3, 0.4) is 0 Å². The molecule has 4 aromatic rings. The molecule has 0 atom stereocenters. The Balaban J connectivity index is 1.58. The predicted octanol–water partition coefficient (Wildman–Crippen LogP) is 5.64. The number of halogens is 1. The molecule has 1 amide bonds. The van der Waals surface area contributed by atoms with E-state index >= 15 is 0 Å². The number of aromatic nitrogens is 5. The second kappa shape index (κ2) is 8.71. The number of ether oxygens (including phenoxy) is 2. The Bertz CT molecular complexity index is 1400. The maximum absolute atomic E-state index is 13.4. The van der Waals surface area contributed by atoms with E-state index in [2.05, 4.69) is 10.1 Å². The van der Waals surface area contributed by atoms with Crippen molar-refractivity contribution in [3.8, 4) is 5.88 Å². The van der Waals surface area contributed by atoms with E-state index in [1.165, 1.54) is 4.90 Å². The molecule has 10 heteroatoms. The molecule has 1 aliphatic carbocycles. The van der Waals surface area contributed by atoms with Crippen LogP contribution < -0.4 is 9.64 Å². The van der Waals surface area contributed by atoms with Gasteiger partial charge >= 0.3 is 6.09 Å². The van der Waals surface area contributed by atoms with E-state index in [4.69, 9.17) is 26.1 Å². The molecule has 0 N–H and O–H groups in total. The summed E-state index contributed by atoms with van der Waals surface area (Å²) in [6.45, 7) is 9.58. The zero-order valence-electron chi connectivity index (χ0n) is 20.5. The quantitative estimate of drug-likeness (QED) is 0.321. The Labute approximate surface area is 208 Å². The average Bonchev–Trinajstić information content (AvgIpc) is 3.36. The third-order valence-corrected chi connectivity index (χ3v) is 5.73. The van der Waals surface area contributed by atoms with Crippen molar-refractivity contribution in [1.29, 1.82) is 0 Å². The van der Waals surface area contributed by atoms with Crippen molar-refractivity contribution >= 4 is 34.8 Å². The lowest BCUT2D eigenvalue weighted by molar-refractivity contribution is 0.0575. The number of carbonyl (C=O) groups excluding carboxylic acids is 1. The summed E-state index contributed by atoms with van der Waals surface area (Å²) >= 11 is 6.43. The molecular formula is C25H29ClN6O3. The van der Waals surface area contributed by atoms with E-state index in [9.17, 15) is 4.79 Å². The number of hydrogen-bond acceptors (Lipinski definition) is 6. The fourth-order valence-corrected chi connectivity index (χ4v) is 4.16. The predicted molar refractivity (Wildman–Crippen MR) is 133 cm³/mol. The van der Waals surface area contributed by atoms with Crippen LogP contribution in [0, 0.1) is 0 Å². The third-order valence-electron chi connectivity index (χ3n) is 5.54. The first-order valence-electron chi connectivity index (χ1n) is 11.8. The van der Waals surface area contributed by atoms with Crippen molar-refractivity contribution in [3.05, 3.63) is 53.1 Å². The first-order valence-corrected chi connectivity index (χ1v) is 12.1. The summed E-state index contributed by atoms with van der Waals surface area (Å²) in [7, 11) is 0. The first-order chi connectivity index (χ1) is 16.6. The van der Waals surface area contributed by atoms with Gasteiger partial charge in [0.15, 0.2) is 11.5 Å². The van der Waals surface area contributed by atoms with Crippen LogP contribution in [0.4, 0.5) is 10.6 Å². The van der Waals surface area contributed by atoms with E-state index in [0.717, 1.165) is 24.1 Å². The maximum atomic E-state index is 13.4. The van der Waals surface area contributed by atoms with Gasteiger partial charge in [-0.15, -0.1) is 0 Å². The fraction of sp³-hybridized carbons (Fsp3) is 0.440. The van der Waals surface area contributed by atoms with Gasteiger partial charge in [-0.05, 0) is 65.5 Å². The molecule has 0 radical (unpaired) electrons. The summed E-state index contributed by atoms with van der Waals surface area (Å²) in [5, 5.41) is 4.84. The summed E-state index contributed by atoms with van der Waals surface area (Å²) in [6.07, 6.45) is 5.36. The maximum Gasteiger partial charge on any atom is 0.416 e. The summed E-state index contributed by atoms with van der Waals surface area (Å²) in [6, 6.07) is 7.31. The lowest BCUT2D eigenvalue weighted by Crippen LogP contribution is -2.37. The molecule has 9 nitrogen and oxygen atoms in total. The standard InChI is InChI=1S/C25H29ClN6O3/c1-15(2)34-22-8-6-7-20-28-17(13-30(20)22)14-31(24(33)35-25(3,4)5)21-11-19(26)29-23-18(16-9-10-16)12-27-32(21)23/h6-8,11-13,15-16H,9-10,14H2,1-5H3. The monoisotopic (exact) mass is 496 g/mol. The summed E-state index contributed by atoms with van der Waals surface area (Å²) in [5.74, 6) is 1.58. The Morgan fingerprint density at radius 2 is 2.03 bits per heavy atom. The zero-order valence-corrected chi connectivity index (χ0v) is 21.3. The molecule has 1 fully saturated rings. The number of rotatable bonds is 6. The van der Waals surface area contributed by atoms with Gasteiger partial charge in [-0.3, -0.25) is 9.30 Å². The number of fused-ring (bicyclic) bond motifs is 2. The molecule has 1 aliphatic rings. The van der Waals surface area contributed by atoms with Gasteiger partial charge in [-0.2, -0.15) is 9.61 Å². The minimum Gasteiger partial charge on any atom is -0.476 e. The van der Waals surface area contributed by atoms with Crippen molar-refractivity contribution in [2.24, 2.45) is 0 Å². The molecule has 0 spiro atoms. The number of anilines is 1. The molecular weight excluding hydrogens is 468 g/mol. The Kier molecular flexibility index (Phi) is 5.83. The third kappa shape index (κ3) is 4.91. The van der Waals surface area contributed by atoms with Crippen LogP contribution in [0.5, 0.6) is 5.88 Å². The summed E-state index contributed by atoms with van der Waals surface area (Å²) in [4.78, 5) is 24.2. The van der Waals surface area contributed by atoms with Gasteiger partial charge in [0.05, 0.1) is 24.5 Å². The normalized spacial score (nSPS) is 14.1. The van der Waals surface area contributed by atoms with E-state index in [1.807, 2.05) is 69.6 Å². The molecule has 0 bridgehead atoms. The molecule has 5 rings (SSSR count). The zero-order chi connectivity index (χ0) is 24.9. The molecule has 0 aromatic carbocycles. The fourth-order valence-electron chi connectivity index (χ4n) is 3.98. The van der Waals surface area contributed by atoms with Crippen LogP contribution in [0.1, 0.15) is 64.6 Å². The topological polar surface area (TPSA) is 86.3 Å². The number of imidazole rings is 1. The highest BCUT2D eigenvalue weighted by atomic mass is 35.5. The highest BCUT2D eigenvalue weighted by Gasteiger charge is 2.31. The molecule has 1 saturated carbocycles. The van der Waals surface area contributed by atoms with E-state index in [0.29, 0.717) is 29.0 Å². The van der Waals surface area contributed by atoms with Crippen LogP contribution in [-0.4, -0.2) is 41.8 Å². The Hall–Kier alpha value is -3.33. The molecule has 0 unspecified atom stereocenters. The van der Waals surface area contributed by atoms with Gasteiger partial charge in [0.25, 0.3) is 0 Å². The van der Waals surface area contributed by atoms with E-state index in [-0.39, 0.29) is 17.8 Å². The van der Waals surface area contributed by atoms with Gasteiger partial charge in [-0.1, -0.05) is 17.7 Å². The van der Waals surface area contributed by atoms with E-state index < -0.39 is 11.7 Å². The summed E-state index contributed by atoms with van der Waals surface area (Å²) < 4.78 is 15.2. The van der Waals surface area contributed by atoms with Crippen molar-refractivity contribution in [3.63, 3.8) is 0 Å². The SMILES string of the molecule is CC(C)Oc1cccc2nc(CN(C(=O)OC(C)(C)C)c3cc(Cl)nc4c(C5CC5)cnn34)cn12. The van der Waals surface area contributed by atoms with Gasteiger partial charge in [0, 0.05) is 17.8 Å². The lowest BCUT2D eigenvalue weighted by atomic mass is 10.2. The smallest absolute Gasteiger partial charge is 0.416 e. The highest BCUT2D eigenvalue weighted by Crippen LogP contribution is 2.42. The van der Waals surface area contributed by atoms with Crippen molar-refractivity contribution < 1.29 is 14.3 Å². The highest BCUT2D eigenvalue weighted by molar-refractivity contribution is 6.29. The molecule has 0 aliphatic heterocycles. The Morgan fingerprint density at radius 1 is 1.26 bits per heavy atom. The number of pyridine rings is 1. The van der Waals surface area contributed by atoms with Gasteiger partial charge in [-0.25, -0.2) is 14.8 Å². The van der Waals surface area contributed by atoms with Crippen LogP contribution >= 0.6 is 11.6 Å². The summed E-state index contributed by atoms with van der Waals surface area (Å²) in [5.41, 5.74) is 2.39. The largest absolute Gasteiger partial charge is 0.476 e. The second-order valence-corrected chi connectivity index (χ2v) is 10.5. The van der Waals surface area contributed by atoms with Crippen LogP contribution in [0.25, 0.3) is 11.3 Å². The lowest BCUT2D eigenvalue weighted by Gasteiger charge is -2.27. The van der Waals surface area contributed by atoms with E-state index in [1.54, 1.807) is 10.6 Å². The van der Waals surface area contributed by atoms with Crippen LogP contribution in [0.15, 0.2) is 36.7 Å². The van der Waals surface area contributed by atoms with Crippen molar-refractivity contribution in [2.45, 2.75) is 71.6 Å². The van der Waals surface area contributed by atoms with Crippen LogP contribution in [-0.2, 0) is 11.3 Å². The molecule has 0 saturated heterocycles. The van der Waals surface area contributed by atoms with Crippen molar-refractivity contribution in [1.82, 2.24) is 24.0 Å². The minimum absolute atomic E-state index is 0.0115. The number of amides is 1. The number of carbonyl (C=O) groups is 1. The van der Waals surface area contributed by atoms with Gasteiger partial charge in [0.2, 0.25) is 0 Å². The average molecular weight is 497 g/mol.